The molecule has 0 radical (unpaired) electrons. The summed E-state index contributed by atoms with van der Waals surface area (Å²) in [5.41, 5.74) is -0.502. The molecule has 3 aliphatic rings. The molecule has 25 heavy (non-hydrogen) atoms. The van der Waals surface area contributed by atoms with Crippen LogP contribution in [0.5, 0.6) is 5.75 Å². The summed E-state index contributed by atoms with van der Waals surface area (Å²) in [7, 11) is 0. The highest BCUT2D eigenvalue weighted by molar-refractivity contribution is 6.09. The first-order valence-corrected chi connectivity index (χ1v) is 8.34. The van der Waals surface area contributed by atoms with Crippen LogP contribution in [-0.2, 0) is 19.9 Å². The summed E-state index contributed by atoms with van der Waals surface area (Å²) in [5.74, 6) is -0.0530. The van der Waals surface area contributed by atoms with E-state index in [9.17, 15) is 14.4 Å². The average Bonchev–Trinajstić information content (AvgIpc) is 2.88. The molecular weight excluding hydrogens is 326 g/mol. The number of ether oxygens (including phenoxy) is 2. The standard InChI is InChI=1S/C17H19N3O5/c21-14(19-6-9-24-10-7-19)11-20-15(22)17(18-16(20)23)5-8-25-13-4-2-1-3-12(13)17/h1-4H,5-11H2,(H,18,23)/t17-/m0/s1. The number of nitrogens with one attached hydrogen (secondary N) is 1. The zero-order valence-corrected chi connectivity index (χ0v) is 13.7. The second-order valence-electron chi connectivity index (χ2n) is 6.31. The van der Waals surface area contributed by atoms with Crippen LogP contribution in [0, 0.1) is 0 Å². The van der Waals surface area contributed by atoms with Crippen molar-refractivity contribution in [1.29, 1.82) is 0 Å². The lowest BCUT2D eigenvalue weighted by molar-refractivity contribution is -0.141. The molecule has 2 fully saturated rings. The molecule has 3 aliphatic heterocycles. The second-order valence-corrected chi connectivity index (χ2v) is 6.31. The topological polar surface area (TPSA) is 88.2 Å². The molecule has 4 rings (SSSR count). The molecule has 0 bridgehead atoms. The summed E-state index contributed by atoms with van der Waals surface area (Å²) in [4.78, 5) is 40.6. The van der Waals surface area contributed by atoms with Gasteiger partial charge in [-0.2, -0.15) is 0 Å². The fraction of sp³-hybridized carbons (Fsp3) is 0.471. The van der Waals surface area contributed by atoms with E-state index in [1.807, 2.05) is 6.07 Å². The first-order valence-electron chi connectivity index (χ1n) is 8.34. The van der Waals surface area contributed by atoms with Gasteiger partial charge in [0.1, 0.15) is 12.3 Å². The number of benzene rings is 1. The molecule has 8 nitrogen and oxygen atoms in total. The molecule has 1 atom stereocenters. The van der Waals surface area contributed by atoms with Crippen LogP contribution in [0.25, 0.3) is 0 Å². The maximum absolute atomic E-state index is 13.1. The molecule has 1 aromatic rings. The van der Waals surface area contributed by atoms with Crippen molar-refractivity contribution in [2.45, 2.75) is 12.0 Å². The van der Waals surface area contributed by atoms with E-state index in [-0.39, 0.29) is 12.5 Å². The van der Waals surface area contributed by atoms with Crippen LogP contribution < -0.4 is 10.1 Å². The van der Waals surface area contributed by atoms with Gasteiger partial charge in [0.15, 0.2) is 5.54 Å². The zero-order chi connectivity index (χ0) is 17.4. The van der Waals surface area contributed by atoms with Gasteiger partial charge in [-0.25, -0.2) is 4.79 Å². The minimum atomic E-state index is -1.14. The Morgan fingerprint density at radius 3 is 2.72 bits per heavy atom. The van der Waals surface area contributed by atoms with Gasteiger partial charge in [-0.1, -0.05) is 18.2 Å². The van der Waals surface area contributed by atoms with E-state index in [1.165, 1.54) is 0 Å². The SMILES string of the molecule is O=C(CN1C(=O)N[C@]2(CCOc3ccccc32)C1=O)N1CCOCC1. The van der Waals surface area contributed by atoms with E-state index >= 15 is 0 Å². The lowest BCUT2D eigenvalue weighted by Gasteiger charge is -2.33. The van der Waals surface area contributed by atoms with Crippen molar-refractivity contribution in [2.24, 2.45) is 0 Å². The van der Waals surface area contributed by atoms with Crippen LogP contribution >= 0.6 is 0 Å². The van der Waals surface area contributed by atoms with Gasteiger partial charge in [-0.3, -0.25) is 14.5 Å². The van der Waals surface area contributed by atoms with Crippen molar-refractivity contribution in [3.8, 4) is 5.75 Å². The van der Waals surface area contributed by atoms with E-state index in [1.54, 1.807) is 23.1 Å². The van der Waals surface area contributed by atoms with Crippen molar-refractivity contribution in [3.05, 3.63) is 29.8 Å². The average molecular weight is 345 g/mol. The number of imide groups is 1. The molecule has 3 heterocycles. The number of hydrogen-bond acceptors (Lipinski definition) is 5. The van der Waals surface area contributed by atoms with E-state index in [4.69, 9.17) is 9.47 Å². The third-order valence-electron chi connectivity index (χ3n) is 4.91. The predicted molar refractivity (Wildman–Crippen MR) is 85.9 cm³/mol. The highest BCUT2D eigenvalue weighted by Gasteiger charge is 2.55. The summed E-state index contributed by atoms with van der Waals surface area (Å²) in [6, 6.07) is 6.63. The lowest BCUT2D eigenvalue weighted by Crippen LogP contribution is -2.49. The van der Waals surface area contributed by atoms with Crippen molar-refractivity contribution >= 4 is 17.8 Å². The van der Waals surface area contributed by atoms with Crippen molar-refractivity contribution in [2.75, 3.05) is 39.5 Å². The van der Waals surface area contributed by atoms with Gasteiger partial charge in [0.25, 0.3) is 5.91 Å². The van der Waals surface area contributed by atoms with Crippen molar-refractivity contribution < 1.29 is 23.9 Å². The molecule has 0 aromatic heterocycles. The number of urea groups is 1. The number of morpholine rings is 1. The summed E-state index contributed by atoms with van der Waals surface area (Å²) < 4.78 is 10.8. The molecule has 2 saturated heterocycles. The monoisotopic (exact) mass is 345 g/mol. The number of carbonyl (C=O) groups is 3. The quantitative estimate of drug-likeness (QED) is 0.767. The Balaban J connectivity index is 1.58. The van der Waals surface area contributed by atoms with Gasteiger partial charge >= 0.3 is 6.03 Å². The van der Waals surface area contributed by atoms with Crippen LogP contribution in [0.1, 0.15) is 12.0 Å². The highest BCUT2D eigenvalue weighted by atomic mass is 16.5. The number of fused-ring (bicyclic) bond motifs is 2. The number of rotatable bonds is 2. The van der Waals surface area contributed by atoms with Crippen molar-refractivity contribution in [3.63, 3.8) is 0 Å². The molecule has 1 N–H and O–H groups in total. The van der Waals surface area contributed by atoms with Crippen LogP contribution in [0.3, 0.4) is 0 Å². The van der Waals surface area contributed by atoms with Crippen molar-refractivity contribution in [1.82, 2.24) is 15.1 Å². The Hall–Kier alpha value is -2.61. The summed E-state index contributed by atoms with van der Waals surface area (Å²) in [6.45, 7) is 1.97. The largest absolute Gasteiger partial charge is 0.493 e. The normalized spacial score (nSPS) is 25.6. The van der Waals surface area contributed by atoms with Gasteiger partial charge in [0.05, 0.1) is 19.8 Å². The van der Waals surface area contributed by atoms with Gasteiger partial charge < -0.3 is 19.7 Å². The number of para-hydroxylation sites is 1. The third kappa shape index (κ3) is 2.53. The van der Waals surface area contributed by atoms with Gasteiger partial charge in [-0.05, 0) is 6.07 Å². The molecule has 0 saturated carbocycles. The minimum absolute atomic E-state index is 0.246. The molecule has 0 unspecified atom stereocenters. The first kappa shape index (κ1) is 15.9. The number of carbonyl (C=O) groups excluding carboxylic acids is 3. The van der Waals surface area contributed by atoms with E-state index in [0.717, 1.165) is 4.90 Å². The molecule has 8 heteroatoms. The predicted octanol–water partition coefficient (Wildman–Crippen LogP) is 0.0750. The fourth-order valence-corrected chi connectivity index (χ4v) is 3.56. The Morgan fingerprint density at radius 1 is 1.16 bits per heavy atom. The Labute approximate surface area is 144 Å². The van der Waals surface area contributed by atoms with Crippen LogP contribution in [0.15, 0.2) is 24.3 Å². The zero-order valence-electron chi connectivity index (χ0n) is 13.7. The Morgan fingerprint density at radius 2 is 1.92 bits per heavy atom. The summed E-state index contributed by atoms with van der Waals surface area (Å²) >= 11 is 0. The second kappa shape index (κ2) is 6.03. The third-order valence-corrected chi connectivity index (χ3v) is 4.91. The number of nitrogens with zero attached hydrogens (tertiary/aromatic N) is 2. The van der Waals surface area contributed by atoms with E-state index in [2.05, 4.69) is 5.32 Å². The Bertz CT molecular complexity index is 731. The maximum Gasteiger partial charge on any atom is 0.325 e. The minimum Gasteiger partial charge on any atom is -0.493 e. The van der Waals surface area contributed by atoms with Crippen LogP contribution in [0.4, 0.5) is 4.79 Å². The molecule has 0 aliphatic carbocycles. The number of amides is 4. The molecular formula is C17H19N3O5. The highest BCUT2D eigenvalue weighted by Crippen LogP contribution is 2.40. The lowest BCUT2D eigenvalue weighted by atomic mass is 9.84. The van der Waals surface area contributed by atoms with Gasteiger partial charge in [0.2, 0.25) is 5.91 Å². The molecule has 1 spiro atoms. The van der Waals surface area contributed by atoms with E-state index in [0.29, 0.717) is 50.6 Å². The van der Waals surface area contributed by atoms with Crippen LogP contribution in [0.2, 0.25) is 0 Å². The first-order chi connectivity index (χ1) is 12.1. The summed E-state index contributed by atoms with van der Waals surface area (Å²) in [5, 5.41) is 2.80. The molecule has 4 amide bonds. The Kier molecular flexibility index (Phi) is 3.84. The maximum atomic E-state index is 13.1. The molecule has 1 aromatic carbocycles. The fourth-order valence-electron chi connectivity index (χ4n) is 3.56. The van der Waals surface area contributed by atoms with E-state index < -0.39 is 17.5 Å². The van der Waals surface area contributed by atoms with Crippen LogP contribution in [-0.4, -0.2) is 67.1 Å². The smallest absolute Gasteiger partial charge is 0.325 e. The number of hydrogen-bond donors (Lipinski definition) is 1. The molecule has 132 valence electrons. The summed E-state index contributed by atoms with van der Waals surface area (Å²) in [6.07, 6.45) is 0.344. The van der Waals surface area contributed by atoms with Gasteiger partial charge in [0, 0.05) is 25.1 Å². The van der Waals surface area contributed by atoms with Gasteiger partial charge in [-0.15, -0.1) is 0 Å².